The van der Waals surface area contributed by atoms with Crippen LogP contribution >= 0.6 is 0 Å². The van der Waals surface area contributed by atoms with Gasteiger partial charge in [0.05, 0.1) is 18.5 Å². The summed E-state index contributed by atoms with van der Waals surface area (Å²) in [7, 11) is 1.56. The second-order valence-corrected chi connectivity index (χ2v) is 5.45. The molecule has 0 aliphatic rings. The van der Waals surface area contributed by atoms with E-state index in [1.807, 2.05) is 20.8 Å². The molecule has 7 heteroatoms. The van der Waals surface area contributed by atoms with Crippen molar-refractivity contribution < 1.29 is 19.0 Å². The first-order valence-corrected chi connectivity index (χ1v) is 6.93. The van der Waals surface area contributed by atoms with Gasteiger partial charge in [0, 0.05) is 12.1 Å². The number of ether oxygens (including phenoxy) is 1. The van der Waals surface area contributed by atoms with Crippen LogP contribution < -0.4 is 20.2 Å². The number of aromatic nitrogens is 2. The third-order valence-electron chi connectivity index (χ3n) is 3.45. The lowest BCUT2D eigenvalue weighted by Gasteiger charge is -2.19. The predicted octanol–water partition coefficient (Wildman–Crippen LogP) is 0.549. The van der Waals surface area contributed by atoms with Gasteiger partial charge in [-0.1, -0.05) is 6.92 Å². The lowest BCUT2D eigenvalue weighted by atomic mass is 10.0. The Labute approximate surface area is 127 Å². The van der Waals surface area contributed by atoms with E-state index in [-0.39, 0.29) is 5.69 Å². The van der Waals surface area contributed by atoms with Gasteiger partial charge in [-0.05, 0) is 42.4 Å². The van der Waals surface area contributed by atoms with Crippen LogP contribution in [0.3, 0.4) is 0 Å². The van der Waals surface area contributed by atoms with Gasteiger partial charge in [0.25, 0.3) is 0 Å². The quantitative estimate of drug-likeness (QED) is 0.496. The highest BCUT2D eigenvalue weighted by Gasteiger charge is 2.25. The molecule has 0 saturated carbocycles. The molecule has 2 rings (SSSR count). The van der Waals surface area contributed by atoms with Crippen molar-refractivity contribution in [3.8, 4) is 11.4 Å². The highest BCUT2D eigenvalue weighted by Crippen LogP contribution is 2.14. The summed E-state index contributed by atoms with van der Waals surface area (Å²) in [6.45, 7) is 5.59. The molecule has 0 amide bonds. The van der Waals surface area contributed by atoms with Crippen molar-refractivity contribution in [1.29, 1.82) is 0 Å². The fourth-order valence-electron chi connectivity index (χ4n) is 1.78. The topological polar surface area (TPSA) is 94.5 Å². The predicted molar refractivity (Wildman–Crippen MR) is 78.3 cm³/mol. The van der Waals surface area contributed by atoms with Crippen molar-refractivity contribution in [2.75, 3.05) is 7.11 Å². The second kappa shape index (κ2) is 6.05. The monoisotopic (exact) mass is 305 g/mol. The summed E-state index contributed by atoms with van der Waals surface area (Å²) in [5.41, 5.74) is -0.888. The Kier molecular flexibility index (Phi) is 4.35. The fourth-order valence-corrected chi connectivity index (χ4v) is 1.78. The minimum Gasteiger partial charge on any atom is -0.854 e. The maximum absolute atomic E-state index is 12.3. The molecule has 1 aromatic carbocycles. The second-order valence-electron chi connectivity index (χ2n) is 5.45. The van der Waals surface area contributed by atoms with Gasteiger partial charge >= 0.3 is 11.3 Å². The number of benzene rings is 1. The number of aromatic amines is 1. The number of H-pyrrole nitrogens is 1. The Morgan fingerprint density at radius 3 is 2.59 bits per heavy atom. The van der Waals surface area contributed by atoms with E-state index in [4.69, 9.17) is 9.26 Å². The van der Waals surface area contributed by atoms with E-state index in [9.17, 15) is 9.90 Å². The molecule has 0 atom stereocenters. The highest BCUT2D eigenvalue weighted by atomic mass is 16.5. The maximum Gasteiger partial charge on any atom is 0.436 e. The first kappa shape index (κ1) is 15.8. The third-order valence-corrected chi connectivity index (χ3v) is 3.45. The number of nitrogens with zero attached hydrogens (tertiary/aromatic N) is 2. The summed E-state index contributed by atoms with van der Waals surface area (Å²) in [4.78, 5) is 15.9. The molecule has 0 spiro atoms. The smallest absolute Gasteiger partial charge is 0.436 e. The first-order chi connectivity index (χ1) is 10.4. The van der Waals surface area contributed by atoms with E-state index in [0.29, 0.717) is 17.9 Å². The normalized spacial score (nSPS) is 12.5. The van der Waals surface area contributed by atoms with Crippen LogP contribution in [0.15, 0.2) is 38.6 Å². The SMILES string of the molecule is CCC(C)(C)N=C([O-])c1c(=O)o[nH][n+]1-c1ccc(OC)cc1. The van der Waals surface area contributed by atoms with Crippen molar-refractivity contribution in [2.45, 2.75) is 32.7 Å². The Hall–Kier alpha value is -2.57. The number of methoxy groups -OCH3 is 1. The molecular formula is C15H19N3O4. The van der Waals surface area contributed by atoms with E-state index in [2.05, 4.69) is 10.3 Å². The van der Waals surface area contributed by atoms with Crippen LogP contribution in [0.1, 0.15) is 32.9 Å². The Morgan fingerprint density at radius 2 is 2.05 bits per heavy atom. The Morgan fingerprint density at radius 1 is 1.41 bits per heavy atom. The zero-order valence-electron chi connectivity index (χ0n) is 13.0. The minimum atomic E-state index is -0.753. The Balaban J connectivity index is 2.50. The van der Waals surface area contributed by atoms with Crippen molar-refractivity contribution >= 4 is 5.90 Å². The number of rotatable bonds is 5. The van der Waals surface area contributed by atoms with E-state index in [0.717, 1.165) is 0 Å². The molecule has 0 unspecified atom stereocenters. The van der Waals surface area contributed by atoms with E-state index >= 15 is 0 Å². The van der Waals surface area contributed by atoms with Crippen LogP contribution in [0.25, 0.3) is 5.69 Å². The van der Waals surface area contributed by atoms with Gasteiger partial charge < -0.3 is 9.84 Å². The van der Waals surface area contributed by atoms with Crippen LogP contribution in [0.5, 0.6) is 5.75 Å². The standard InChI is InChI=1S/C15H19N3O4/c1-5-15(2,3)16-13(19)12-14(20)22-17-18(12)10-6-8-11(21-4)9-7-10/h6-9H,5H2,1-4H3,(H-,16,17,19,20). The number of hydrogen-bond donors (Lipinski definition) is 1. The van der Waals surface area contributed by atoms with Gasteiger partial charge in [0.15, 0.2) is 0 Å². The lowest BCUT2D eigenvalue weighted by molar-refractivity contribution is -0.673. The van der Waals surface area contributed by atoms with Crippen molar-refractivity contribution in [3.63, 3.8) is 0 Å². The molecule has 0 saturated heterocycles. The van der Waals surface area contributed by atoms with E-state index in [1.165, 1.54) is 4.68 Å². The molecule has 0 fully saturated rings. The van der Waals surface area contributed by atoms with Crippen LogP contribution in [-0.2, 0) is 0 Å². The molecule has 118 valence electrons. The van der Waals surface area contributed by atoms with Crippen LogP contribution in [0, 0.1) is 0 Å². The number of nitrogens with one attached hydrogen (secondary N) is 1. The molecule has 22 heavy (non-hydrogen) atoms. The van der Waals surface area contributed by atoms with E-state index < -0.39 is 17.1 Å². The molecule has 0 aliphatic carbocycles. The van der Waals surface area contributed by atoms with Crippen molar-refractivity contribution in [2.24, 2.45) is 4.99 Å². The zero-order chi connectivity index (χ0) is 16.3. The average Bonchev–Trinajstić information content (AvgIpc) is 2.89. The van der Waals surface area contributed by atoms with Crippen LogP contribution in [-0.4, -0.2) is 23.8 Å². The summed E-state index contributed by atoms with van der Waals surface area (Å²) in [6, 6.07) is 6.84. The summed E-state index contributed by atoms with van der Waals surface area (Å²) >= 11 is 0. The van der Waals surface area contributed by atoms with Gasteiger partial charge in [-0.25, -0.2) is 4.79 Å². The van der Waals surface area contributed by atoms with Crippen LogP contribution in [0.4, 0.5) is 0 Å². The molecule has 0 radical (unpaired) electrons. The van der Waals surface area contributed by atoms with Gasteiger partial charge in [0.2, 0.25) is 5.69 Å². The van der Waals surface area contributed by atoms with E-state index in [1.54, 1.807) is 31.4 Å². The Bertz CT molecular complexity index is 726. The molecule has 2 aromatic rings. The fraction of sp³-hybridized carbons (Fsp3) is 0.400. The van der Waals surface area contributed by atoms with Gasteiger partial charge in [-0.15, -0.1) is 0 Å². The highest BCUT2D eigenvalue weighted by molar-refractivity contribution is 5.86. The van der Waals surface area contributed by atoms with Gasteiger partial charge in [0.1, 0.15) is 5.75 Å². The minimum absolute atomic E-state index is 0.160. The first-order valence-electron chi connectivity index (χ1n) is 6.93. The van der Waals surface area contributed by atoms with Gasteiger partial charge in [-0.3, -0.25) is 9.52 Å². The van der Waals surface area contributed by atoms with Gasteiger partial charge in [-0.2, -0.15) is 0 Å². The van der Waals surface area contributed by atoms with Crippen LogP contribution in [0.2, 0.25) is 0 Å². The summed E-state index contributed by atoms with van der Waals surface area (Å²) in [5.74, 6) is 0.0533. The van der Waals surface area contributed by atoms with Crippen molar-refractivity contribution in [1.82, 2.24) is 5.27 Å². The summed E-state index contributed by atoms with van der Waals surface area (Å²) in [6.07, 6.45) is 0.678. The molecule has 1 N–H and O–H groups in total. The zero-order valence-corrected chi connectivity index (χ0v) is 13.0. The molecular weight excluding hydrogens is 286 g/mol. The lowest BCUT2D eigenvalue weighted by Crippen LogP contribution is -2.45. The summed E-state index contributed by atoms with van der Waals surface area (Å²) in [5, 5.41) is 14.7. The summed E-state index contributed by atoms with van der Waals surface area (Å²) < 4.78 is 11.1. The third kappa shape index (κ3) is 3.19. The van der Waals surface area contributed by atoms with Crippen molar-refractivity contribution in [3.05, 3.63) is 40.4 Å². The largest absolute Gasteiger partial charge is 0.854 e. The molecule has 1 heterocycles. The number of hydrogen-bond acceptors (Lipinski definition) is 5. The molecule has 0 bridgehead atoms. The molecule has 0 aliphatic heterocycles. The average molecular weight is 305 g/mol. The molecule has 1 aromatic heterocycles. The maximum atomic E-state index is 12.3. The molecule has 7 nitrogen and oxygen atoms in total. The number of aliphatic imine (C=N–C) groups is 1.